The summed E-state index contributed by atoms with van der Waals surface area (Å²) in [5, 5.41) is 0. The molecule has 0 N–H and O–H groups in total. The summed E-state index contributed by atoms with van der Waals surface area (Å²) < 4.78 is 25.5. The Balaban J connectivity index is 2.80. The fourth-order valence-corrected chi connectivity index (χ4v) is 2.00. The number of benzene rings is 1. The average Bonchev–Trinajstić information content (AvgIpc) is 2.08. The zero-order valence-electron chi connectivity index (χ0n) is 8.23. The van der Waals surface area contributed by atoms with Gasteiger partial charge in [-0.25, -0.2) is 8.78 Å². The lowest BCUT2D eigenvalue weighted by atomic mass is 9.96. The highest BCUT2D eigenvalue weighted by atomic mass is 79.9. The van der Waals surface area contributed by atoms with Gasteiger partial charge in [-0.3, -0.25) is 0 Å². The molecule has 0 heterocycles. The molecule has 0 radical (unpaired) electrons. The van der Waals surface area contributed by atoms with Gasteiger partial charge in [-0.2, -0.15) is 0 Å². The highest BCUT2D eigenvalue weighted by molar-refractivity contribution is 9.09. The maximum absolute atomic E-state index is 12.9. The Morgan fingerprint density at radius 1 is 1.21 bits per heavy atom. The van der Waals surface area contributed by atoms with Crippen molar-refractivity contribution in [1.29, 1.82) is 0 Å². The van der Waals surface area contributed by atoms with Crippen molar-refractivity contribution >= 4 is 15.9 Å². The monoisotopic (exact) mass is 262 g/mol. The highest BCUT2D eigenvalue weighted by Gasteiger charge is 2.11. The molecule has 2 unspecified atom stereocenters. The normalized spacial score (nSPS) is 15.2. The molecule has 0 amide bonds. The van der Waals surface area contributed by atoms with Crippen LogP contribution in [-0.2, 0) is 0 Å². The summed E-state index contributed by atoms with van der Waals surface area (Å²) in [6.07, 6.45) is 0.908. The zero-order valence-corrected chi connectivity index (χ0v) is 9.81. The van der Waals surface area contributed by atoms with Crippen LogP contribution in [0, 0.1) is 11.6 Å². The van der Waals surface area contributed by atoms with Crippen molar-refractivity contribution in [1.82, 2.24) is 0 Å². The van der Waals surface area contributed by atoms with Crippen molar-refractivity contribution in [3.8, 4) is 0 Å². The third kappa shape index (κ3) is 3.05. The molecule has 14 heavy (non-hydrogen) atoms. The van der Waals surface area contributed by atoms with Crippen molar-refractivity contribution < 1.29 is 8.78 Å². The Bertz CT molecular complexity index is 310. The van der Waals surface area contributed by atoms with Crippen LogP contribution in [0.3, 0.4) is 0 Å². The summed E-state index contributed by atoms with van der Waals surface area (Å²) in [6.45, 7) is 4.04. The molecule has 0 aliphatic heterocycles. The summed E-state index contributed by atoms with van der Waals surface area (Å²) >= 11 is 3.44. The Morgan fingerprint density at radius 3 is 2.36 bits per heavy atom. The van der Waals surface area contributed by atoms with E-state index in [2.05, 4.69) is 15.9 Å². The van der Waals surface area contributed by atoms with E-state index < -0.39 is 11.6 Å². The van der Waals surface area contributed by atoms with E-state index in [0.29, 0.717) is 4.83 Å². The standard InChI is InChI=1S/C11H13BrF2/c1-7(5-8(2)12)9-3-4-10(13)11(14)6-9/h3-4,6-8H,5H2,1-2H3. The molecule has 0 spiro atoms. The van der Waals surface area contributed by atoms with Crippen LogP contribution in [0.4, 0.5) is 8.78 Å². The molecule has 0 nitrogen and oxygen atoms in total. The second kappa shape index (κ2) is 4.87. The summed E-state index contributed by atoms with van der Waals surface area (Å²) in [6, 6.07) is 4.09. The van der Waals surface area contributed by atoms with Gasteiger partial charge in [-0.05, 0) is 30.0 Å². The van der Waals surface area contributed by atoms with Gasteiger partial charge in [0.05, 0.1) is 0 Å². The third-order valence-corrected chi connectivity index (χ3v) is 2.56. The molecular weight excluding hydrogens is 250 g/mol. The minimum atomic E-state index is -0.784. The molecule has 0 aromatic heterocycles. The summed E-state index contributed by atoms with van der Waals surface area (Å²) in [7, 11) is 0. The maximum atomic E-state index is 12.9. The zero-order chi connectivity index (χ0) is 10.7. The molecule has 1 aromatic carbocycles. The lowest BCUT2D eigenvalue weighted by Gasteiger charge is -2.13. The quantitative estimate of drug-likeness (QED) is 0.715. The molecule has 3 heteroatoms. The summed E-state index contributed by atoms with van der Waals surface area (Å²) in [4.78, 5) is 0.380. The van der Waals surface area contributed by atoms with E-state index >= 15 is 0 Å². The van der Waals surface area contributed by atoms with Crippen molar-refractivity contribution in [2.75, 3.05) is 0 Å². The van der Waals surface area contributed by atoms with Gasteiger partial charge < -0.3 is 0 Å². The van der Waals surface area contributed by atoms with E-state index in [4.69, 9.17) is 0 Å². The Kier molecular flexibility index (Phi) is 4.05. The van der Waals surface area contributed by atoms with Gasteiger partial charge in [-0.15, -0.1) is 0 Å². The first-order chi connectivity index (χ1) is 6.50. The van der Waals surface area contributed by atoms with Gasteiger partial charge in [0, 0.05) is 4.83 Å². The van der Waals surface area contributed by atoms with E-state index in [0.717, 1.165) is 12.0 Å². The molecule has 0 aliphatic rings. The molecule has 0 bridgehead atoms. The second-order valence-corrected chi connectivity index (χ2v) is 5.15. The SMILES string of the molecule is CC(Br)CC(C)c1ccc(F)c(F)c1. The highest BCUT2D eigenvalue weighted by Crippen LogP contribution is 2.24. The Morgan fingerprint density at radius 2 is 1.86 bits per heavy atom. The van der Waals surface area contributed by atoms with Crippen molar-refractivity contribution in [2.45, 2.75) is 31.0 Å². The van der Waals surface area contributed by atoms with E-state index in [1.54, 1.807) is 6.07 Å². The number of hydrogen-bond donors (Lipinski definition) is 0. The topological polar surface area (TPSA) is 0 Å². The molecule has 2 atom stereocenters. The molecule has 1 rings (SSSR count). The molecule has 0 aliphatic carbocycles. The first kappa shape index (κ1) is 11.6. The van der Waals surface area contributed by atoms with Crippen LogP contribution >= 0.6 is 15.9 Å². The van der Waals surface area contributed by atoms with Crippen LogP contribution in [0.25, 0.3) is 0 Å². The first-order valence-corrected chi connectivity index (χ1v) is 5.51. The lowest BCUT2D eigenvalue weighted by Crippen LogP contribution is -2.01. The number of halogens is 3. The largest absolute Gasteiger partial charge is 0.204 e. The van der Waals surface area contributed by atoms with Crippen LogP contribution in [-0.4, -0.2) is 4.83 Å². The second-order valence-electron chi connectivity index (χ2n) is 3.59. The maximum Gasteiger partial charge on any atom is 0.159 e. The third-order valence-electron chi connectivity index (χ3n) is 2.19. The fraction of sp³-hybridized carbons (Fsp3) is 0.455. The molecule has 1 aromatic rings. The first-order valence-electron chi connectivity index (χ1n) is 4.59. The van der Waals surface area contributed by atoms with E-state index in [1.807, 2.05) is 13.8 Å². The smallest absolute Gasteiger partial charge is 0.159 e. The minimum Gasteiger partial charge on any atom is -0.204 e. The number of hydrogen-bond acceptors (Lipinski definition) is 0. The molecule has 78 valence electrons. The van der Waals surface area contributed by atoms with Gasteiger partial charge >= 0.3 is 0 Å². The van der Waals surface area contributed by atoms with Crippen LogP contribution in [0.2, 0.25) is 0 Å². The van der Waals surface area contributed by atoms with Crippen molar-refractivity contribution in [2.24, 2.45) is 0 Å². The minimum absolute atomic E-state index is 0.236. The predicted molar refractivity (Wildman–Crippen MR) is 57.8 cm³/mol. The van der Waals surface area contributed by atoms with Crippen LogP contribution < -0.4 is 0 Å². The average molecular weight is 263 g/mol. The lowest BCUT2D eigenvalue weighted by molar-refractivity contribution is 0.505. The van der Waals surface area contributed by atoms with Gasteiger partial charge in [-0.1, -0.05) is 35.8 Å². The Hall–Kier alpha value is -0.440. The van der Waals surface area contributed by atoms with Crippen LogP contribution in [0.15, 0.2) is 18.2 Å². The van der Waals surface area contributed by atoms with E-state index in [-0.39, 0.29) is 5.92 Å². The van der Waals surface area contributed by atoms with E-state index in [9.17, 15) is 8.78 Å². The molecular formula is C11H13BrF2. The number of rotatable bonds is 3. The van der Waals surface area contributed by atoms with Crippen LogP contribution in [0.1, 0.15) is 31.7 Å². The molecule has 0 saturated carbocycles. The summed E-state index contributed by atoms with van der Waals surface area (Å²) in [5.74, 6) is -1.32. The molecule has 0 saturated heterocycles. The van der Waals surface area contributed by atoms with Gasteiger partial charge in [0.15, 0.2) is 11.6 Å². The van der Waals surface area contributed by atoms with Crippen LogP contribution in [0.5, 0.6) is 0 Å². The predicted octanol–water partition coefficient (Wildman–Crippen LogP) is 4.24. The summed E-state index contributed by atoms with van der Waals surface area (Å²) in [5.41, 5.74) is 0.843. The van der Waals surface area contributed by atoms with Crippen molar-refractivity contribution in [3.05, 3.63) is 35.4 Å². The number of alkyl halides is 1. The van der Waals surface area contributed by atoms with Crippen molar-refractivity contribution in [3.63, 3.8) is 0 Å². The van der Waals surface area contributed by atoms with Gasteiger partial charge in [0.25, 0.3) is 0 Å². The van der Waals surface area contributed by atoms with Gasteiger partial charge in [0.1, 0.15) is 0 Å². The molecule has 0 fully saturated rings. The fourth-order valence-electron chi connectivity index (χ4n) is 1.44. The van der Waals surface area contributed by atoms with Gasteiger partial charge in [0.2, 0.25) is 0 Å². The Labute approximate surface area is 91.5 Å². The van der Waals surface area contributed by atoms with E-state index in [1.165, 1.54) is 12.1 Å².